The summed E-state index contributed by atoms with van der Waals surface area (Å²) in [5, 5.41) is 2.84. The van der Waals surface area contributed by atoms with Crippen molar-refractivity contribution in [1.29, 1.82) is 0 Å². The van der Waals surface area contributed by atoms with Crippen molar-refractivity contribution in [2.24, 2.45) is 0 Å². The van der Waals surface area contributed by atoms with Gasteiger partial charge in [-0.05, 0) is 61.0 Å². The van der Waals surface area contributed by atoms with Crippen molar-refractivity contribution >= 4 is 21.6 Å². The van der Waals surface area contributed by atoms with Gasteiger partial charge in [0.2, 0.25) is 0 Å². The lowest BCUT2D eigenvalue weighted by Crippen LogP contribution is -2.26. The number of amides is 1. The summed E-state index contributed by atoms with van der Waals surface area (Å²) in [5.74, 6) is -1.01. The number of halogens is 1. The highest BCUT2D eigenvalue weighted by molar-refractivity contribution is 7.92. The van der Waals surface area contributed by atoms with E-state index >= 15 is 0 Å². The van der Waals surface area contributed by atoms with E-state index in [1.807, 2.05) is 6.92 Å². The molecule has 0 saturated carbocycles. The van der Waals surface area contributed by atoms with E-state index < -0.39 is 15.8 Å². The first-order chi connectivity index (χ1) is 13.4. The van der Waals surface area contributed by atoms with Gasteiger partial charge >= 0.3 is 0 Å². The Bertz CT molecular complexity index is 1070. The van der Waals surface area contributed by atoms with Crippen LogP contribution < -0.4 is 10.0 Å². The number of hydrogen-bond donors (Lipinski definition) is 2. The molecule has 3 aromatic rings. The lowest BCUT2D eigenvalue weighted by Gasteiger charge is -2.14. The summed E-state index contributed by atoms with van der Waals surface area (Å²) >= 11 is 0. The van der Waals surface area contributed by atoms with Crippen molar-refractivity contribution in [3.63, 3.8) is 0 Å². The molecule has 8 heteroatoms. The Balaban J connectivity index is 1.72. The second kappa shape index (κ2) is 8.18. The quantitative estimate of drug-likeness (QED) is 0.664. The largest absolute Gasteiger partial charge is 0.346 e. The highest BCUT2D eigenvalue weighted by Gasteiger charge is 2.17. The highest BCUT2D eigenvalue weighted by atomic mass is 32.2. The first-order valence-corrected chi connectivity index (χ1v) is 9.93. The molecule has 144 valence electrons. The fraction of sp³-hybridized carbons (Fsp3) is 0.100. The number of hydrogen-bond acceptors (Lipinski definition) is 4. The van der Waals surface area contributed by atoms with Gasteiger partial charge in [0.1, 0.15) is 5.82 Å². The minimum atomic E-state index is -3.97. The number of carbonyl (C=O) groups is 1. The Labute approximate surface area is 162 Å². The van der Waals surface area contributed by atoms with Crippen LogP contribution in [0.5, 0.6) is 0 Å². The molecule has 0 aliphatic carbocycles. The Morgan fingerprint density at radius 3 is 2.29 bits per heavy atom. The molecule has 2 aromatic carbocycles. The summed E-state index contributed by atoms with van der Waals surface area (Å²) in [6.07, 6.45) is 3.28. The normalized spacial score (nSPS) is 12.2. The van der Waals surface area contributed by atoms with Crippen LogP contribution in [-0.2, 0) is 10.0 Å². The minimum Gasteiger partial charge on any atom is -0.346 e. The molecule has 1 aromatic heterocycles. The van der Waals surface area contributed by atoms with E-state index in [1.165, 1.54) is 42.5 Å². The zero-order valence-corrected chi connectivity index (χ0v) is 15.8. The summed E-state index contributed by atoms with van der Waals surface area (Å²) in [6.45, 7) is 1.84. The summed E-state index contributed by atoms with van der Waals surface area (Å²) in [4.78, 5) is 16.2. The van der Waals surface area contributed by atoms with E-state index in [0.29, 0.717) is 5.56 Å². The van der Waals surface area contributed by atoms with Gasteiger partial charge in [-0.25, -0.2) is 12.8 Å². The molecule has 1 atom stereocenters. The maximum atomic E-state index is 13.7. The molecule has 0 spiro atoms. The second-order valence-electron chi connectivity index (χ2n) is 6.09. The number of carbonyl (C=O) groups excluding carboxylic acids is 1. The molecule has 0 aliphatic rings. The van der Waals surface area contributed by atoms with Crippen LogP contribution in [0.2, 0.25) is 0 Å². The predicted molar refractivity (Wildman–Crippen MR) is 104 cm³/mol. The molecule has 28 heavy (non-hydrogen) atoms. The number of sulfonamides is 1. The number of rotatable bonds is 6. The average Bonchev–Trinajstić information content (AvgIpc) is 2.70. The number of benzene rings is 2. The van der Waals surface area contributed by atoms with Crippen molar-refractivity contribution in [2.75, 3.05) is 4.72 Å². The first-order valence-electron chi connectivity index (χ1n) is 8.45. The van der Waals surface area contributed by atoms with Gasteiger partial charge in [-0.2, -0.15) is 0 Å². The fourth-order valence-electron chi connectivity index (χ4n) is 2.55. The van der Waals surface area contributed by atoms with Crippen molar-refractivity contribution in [3.8, 4) is 0 Å². The number of pyridine rings is 1. The van der Waals surface area contributed by atoms with Crippen LogP contribution in [0.15, 0.2) is 78.0 Å². The zero-order chi connectivity index (χ0) is 20.1. The predicted octanol–water partition coefficient (Wildman–Crippen LogP) is 3.51. The van der Waals surface area contributed by atoms with Crippen LogP contribution in [0.4, 0.5) is 10.1 Å². The molecule has 0 bridgehead atoms. The van der Waals surface area contributed by atoms with Crippen molar-refractivity contribution in [1.82, 2.24) is 10.3 Å². The Morgan fingerprint density at radius 2 is 1.64 bits per heavy atom. The Hall–Kier alpha value is -3.26. The maximum absolute atomic E-state index is 13.7. The summed E-state index contributed by atoms with van der Waals surface area (Å²) < 4.78 is 40.7. The number of anilines is 1. The van der Waals surface area contributed by atoms with Crippen LogP contribution >= 0.6 is 0 Å². The Kier molecular flexibility index (Phi) is 5.70. The molecule has 1 amide bonds. The fourth-order valence-corrected chi connectivity index (χ4v) is 3.62. The molecule has 0 saturated heterocycles. The van der Waals surface area contributed by atoms with E-state index in [9.17, 15) is 17.6 Å². The summed E-state index contributed by atoms with van der Waals surface area (Å²) in [5.41, 5.74) is 1.07. The monoisotopic (exact) mass is 399 g/mol. The van der Waals surface area contributed by atoms with Crippen LogP contribution in [-0.4, -0.2) is 19.3 Å². The van der Waals surface area contributed by atoms with Crippen LogP contribution in [0.25, 0.3) is 0 Å². The van der Waals surface area contributed by atoms with Crippen LogP contribution in [0.3, 0.4) is 0 Å². The van der Waals surface area contributed by atoms with Crippen LogP contribution in [0, 0.1) is 5.82 Å². The lowest BCUT2D eigenvalue weighted by molar-refractivity contribution is 0.0939. The number of nitrogens with one attached hydrogen (secondary N) is 2. The molecule has 2 N–H and O–H groups in total. The second-order valence-corrected chi connectivity index (χ2v) is 7.77. The van der Waals surface area contributed by atoms with Gasteiger partial charge in [-0.15, -0.1) is 0 Å². The van der Waals surface area contributed by atoms with Crippen molar-refractivity contribution < 1.29 is 17.6 Å². The van der Waals surface area contributed by atoms with Gasteiger partial charge in [-0.3, -0.25) is 14.5 Å². The molecule has 1 heterocycles. The van der Waals surface area contributed by atoms with E-state index in [-0.39, 0.29) is 22.5 Å². The number of nitrogens with zero attached hydrogens (tertiary/aromatic N) is 1. The van der Waals surface area contributed by atoms with Gasteiger partial charge in [0.15, 0.2) is 0 Å². The third-order valence-electron chi connectivity index (χ3n) is 4.10. The smallest absolute Gasteiger partial charge is 0.261 e. The topological polar surface area (TPSA) is 88.2 Å². The molecule has 1 unspecified atom stereocenters. The van der Waals surface area contributed by atoms with E-state index in [0.717, 1.165) is 11.6 Å². The number of aromatic nitrogens is 1. The lowest BCUT2D eigenvalue weighted by atomic mass is 10.1. The highest BCUT2D eigenvalue weighted by Crippen LogP contribution is 2.19. The third kappa shape index (κ3) is 4.52. The van der Waals surface area contributed by atoms with E-state index in [1.54, 1.807) is 24.5 Å². The van der Waals surface area contributed by atoms with E-state index in [2.05, 4.69) is 15.0 Å². The summed E-state index contributed by atoms with van der Waals surface area (Å²) in [7, 11) is -3.97. The minimum absolute atomic E-state index is 0.0746. The SMILES string of the molecule is CC(NC(=O)c1ccc(S(=O)(=O)Nc2ccccc2F)cc1)c1ccncc1. The maximum Gasteiger partial charge on any atom is 0.261 e. The Morgan fingerprint density at radius 1 is 1.00 bits per heavy atom. The standard InChI is InChI=1S/C20H18FN3O3S/c1-14(15-10-12-22-13-11-15)23-20(25)16-6-8-17(9-7-16)28(26,27)24-19-5-3-2-4-18(19)21/h2-14,24H,1H3,(H,23,25). The van der Waals surface area contributed by atoms with Gasteiger partial charge in [-0.1, -0.05) is 12.1 Å². The molecule has 6 nitrogen and oxygen atoms in total. The van der Waals surface area contributed by atoms with Crippen molar-refractivity contribution in [3.05, 3.63) is 90.0 Å². The van der Waals surface area contributed by atoms with Crippen LogP contribution in [0.1, 0.15) is 28.9 Å². The van der Waals surface area contributed by atoms with Gasteiger partial charge in [0.05, 0.1) is 16.6 Å². The van der Waals surface area contributed by atoms with Crippen molar-refractivity contribution in [2.45, 2.75) is 17.9 Å². The average molecular weight is 399 g/mol. The molecule has 0 fully saturated rings. The number of para-hydroxylation sites is 1. The molecule has 3 rings (SSSR count). The van der Waals surface area contributed by atoms with Gasteiger partial charge < -0.3 is 5.32 Å². The zero-order valence-electron chi connectivity index (χ0n) is 15.0. The molecular formula is C20H18FN3O3S. The molecule has 0 radical (unpaired) electrons. The summed E-state index contributed by atoms with van der Waals surface area (Å²) in [6, 6.07) is 14.3. The van der Waals surface area contributed by atoms with Gasteiger partial charge in [0.25, 0.3) is 15.9 Å². The van der Waals surface area contributed by atoms with E-state index in [4.69, 9.17) is 0 Å². The third-order valence-corrected chi connectivity index (χ3v) is 5.48. The molecular weight excluding hydrogens is 381 g/mol. The molecule has 0 aliphatic heterocycles. The first kappa shape index (κ1) is 19.5. The van der Waals surface area contributed by atoms with Gasteiger partial charge in [0, 0.05) is 18.0 Å².